The Hall–Kier alpha value is -1.10. The monoisotopic (exact) mass is 301 g/mol. The molecule has 0 amide bonds. The minimum atomic E-state index is -0.410. The molecular weight excluding hydrogens is 286 g/mol. The third-order valence-electron chi connectivity index (χ3n) is 2.20. The average molecular weight is 302 g/mol. The largest absolute Gasteiger partial charge is 0.487 e. The number of ether oxygens (including phenoxy) is 1. The highest BCUT2D eigenvalue weighted by molar-refractivity contribution is 9.09. The van der Waals surface area contributed by atoms with Crippen LogP contribution in [0, 0.1) is 10.1 Å². The Kier molecular flexibility index (Phi) is 5.41. The molecule has 1 atom stereocenters. The van der Waals surface area contributed by atoms with E-state index in [4.69, 9.17) is 4.74 Å². The van der Waals surface area contributed by atoms with Gasteiger partial charge in [-0.25, -0.2) is 0 Å². The van der Waals surface area contributed by atoms with Gasteiger partial charge in [-0.1, -0.05) is 35.8 Å². The molecule has 0 aliphatic rings. The molecule has 0 heterocycles. The first-order valence-corrected chi connectivity index (χ1v) is 6.50. The zero-order chi connectivity index (χ0) is 12.8. The second-order valence-electron chi connectivity index (χ2n) is 3.89. The Morgan fingerprint density at radius 1 is 1.53 bits per heavy atom. The lowest BCUT2D eigenvalue weighted by atomic mass is 10.1. The predicted molar refractivity (Wildman–Crippen MR) is 71.0 cm³/mol. The van der Waals surface area contributed by atoms with Gasteiger partial charge in [0.2, 0.25) is 0 Å². The van der Waals surface area contributed by atoms with Crippen LogP contribution in [-0.2, 0) is 6.42 Å². The van der Waals surface area contributed by atoms with E-state index in [1.807, 2.05) is 13.8 Å². The topological polar surface area (TPSA) is 52.4 Å². The molecular formula is C12H16BrNO3. The van der Waals surface area contributed by atoms with Crippen molar-refractivity contribution in [1.29, 1.82) is 0 Å². The van der Waals surface area contributed by atoms with Crippen molar-refractivity contribution in [3.8, 4) is 5.75 Å². The van der Waals surface area contributed by atoms with Crippen LogP contribution in [0.5, 0.6) is 5.75 Å². The van der Waals surface area contributed by atoms with E-state index in [1.54, 1.807) is 12.1 Å². The van der Waals surface area contributed by atoms with Crippen LogP contribution in [0.4, 0.5) is 5.69 Å². The molecule has 1 aromatic carbocycles. The highest BCUT2D eigenvalue weighted by atomic mass is 79.9. The maximum atomic E-state index is 10.8. The Bertz CT molecular complexity index is 393. The molecule has 0 saturated heterocycles. The number of alkyl halides is 1. The van der Waals surface area contributed by atoms with Gasteiger partial charge in [-0.05, 0) is 24.5 Å². The summed E-state index contributed by atoms with van der Waals surface area (Å²) in [5, 5.41) is 10.8. The molecule has 0 aliphatic heterocycles. The first kappa shape index (κ1) is 14.0. The zero-order valence-electron chi connectivity index (χ0n) is 9.98. The van der Waals surface area contributed by atoms with Gasteiger partial charge in [0.25, 0.3) is 0 Å². The van der Waals surface area contributed by atoms with Crippen molar-refractivity contribution < 1.29 is 9.66 Å². The summed E-state index contributed by atoms with van der Waals surface area (Å²) in [4.78, 5) is 10.8. The van der Waals surface area contributed by atoms with E-state index in [9.17, 15) is 10.1 Å². The molecule has 0 aliphatic carbocycles. The molecule has 0 N–H and O–H groups in total. The van der Waals surface area contributed by atoms with Crippen molar-refractivity contribution in [2.75, 3.05) is 6.61 Å². The summed E-state index contributed by atoms with van der Waals surface area (Å²) < 4.78 is 5.41. The maximum absolute atomic E-state index is 10.8. The van der Waals surface area contributed by atoms with E-state index in [0.29, 0.717) is 17.2 Å². The molecule has 0 fully saturated rings. The van der Waals surface area contributed by atoms with Crippen molar-refractivity contribution in [2.24, 2.45) is 0 Å². The smallest absolute Gasteiger partial charge is 0.310 e. The van der Waals surface area contributed by atoms with Crippen LogP contribution in [0.15, 0.2) is 18.2 Å². The van der Waals surface area contributed by atoms with Crippen LogP contribution in [0.2, 0.25) is 0 Å². The maximum Gasteiger partial charge on any atom is 0.310 e. The first-order chi connectivity index (χ1) is 8.04. The highest BCUT2D eigenvalue weighted by Gasteiger charge is 2.15. The fourth-order valence-electron chi connectivity index (χ4n) is 1.49. The molecule has 5 heteroatoms. The molecule has 1 rings (SSSR count). The lowest BCUT2D eigenvalue weighted by Crippen LogP contribution is -2.02. The number of hydrogen-bond acceptors (Lipinski definition) is 3. The van der Waals surface area contributed by atoms with E-state index in [0.717, 1.165) is 18.4 Å². The van der Waals surface area contributed by atoms with Gasteiger partial charge in [0.15, 0.2) is 5.75 Å². The van der Waals surface area contributed by atoms with Gasteiger partial charge in [0.1, 0.15) is 0 Å². The molecule has 0 bridgehead atoms. The van der Waals surface area contributed by atoms with Crippen molar-refractivity contribution >= 4 is 21.6 Å². The van der Waals surface area contributed by atoms with Crippen LogP contribution >= 0.6 is 15.9 Å². The number of halogens is 1. The van der Waals surface area contributed by atoms with Crippen LogP contribution in [0.1, 0.15) is 25.8 Å². The fourth-order valence-corrected chi connectivity index (χ4v) is 1.86. The average Bonchev–Trinajstić information content (AvgIpc) is 2.25. The number of benzene rings is 1. The van der Waals surface area contributed by atoms with Crippen molar-refractivity contribution in [3.05, 3.63) is 33.9 Å². The molecule has 0 saturated carbocycles. The van der Waals surface area contributed by atoms with Crippen molar-refractivity contribution in [2.45, 2.75) is 31.5 Å². The first-order valence-electron chi connectivity index (χ1n) is 5.58. The van der Waals surface area contributed by atoms with Gasteiger partial charge in [0, 0.05) is 10.9 Å². The summed E-state index contributed by atoms with van der Waals surface area (Å²) in [6, 6.07) is 5.04. The van der Waals surface area contributed by atoms with Gasteiger partial charge in [-0.15, -0.1) is 0 Å². The Labute approximate surface area is 109 Å². The molecule has 0 aromatic heterocycles. The number of nitro groups is 1. The van der Waals surface area contributed by atoms with Gasteiger partial charge in [0.05, 0.1) is 11.5 Å². The number of rotatable bonds is 6. The minimum absolute atomic E-state index is 0.0319. The number of hydrogen-bond donors (Lipinski definition) is 0. The molecule has 17 heavy (non-hydrogen) atoms. The Morgan fingerprint density at radius 3 is 2.76 bits per heavy atom. The Balaban J connectivity index is 2.96. The van der Waals surface area contributed by atoms with Gasteiger partial charge < -0.3 is 4.74 Å². The molecule has 94 valence electrons. The SMILES string of the molecule is CCCOc1cc(CC(C)Br)ccc1[N+](=O)[O-]. The highest BCUT2D eigenvalue weighted by Crippen LogP contribution is 2.29. The normalized spacial score (nSPS) is 12.2. The lowest BCUT2D eigenvalue weighted by molar-refractivity contribution is -0.385. The van der Waals surface area contributed by atoms with E-state index in [-0.39, 0.29) is 5.69 Å². The van der Waals surface area contributed by atoms with E-state index >= 15 is 0 Å². The summed E-state index contributed by atoms with van der Waals surface area (Å²) in [7, 11) is 0. The van der Waals surface area contributed by atoms with E-state index in [1.165, 1.54) is 6.07 Å². The predicted octanol–water partition coefficient (Wildman–Crippen LogP) is 3.71. The minimum Gasteiger partial charge on any atom is -0.487 e. The van der Waals surface area contributed by atoms with E-state index < -0.39 is 4.92 Å². The molecule has 1 aromatic rings. The van der Waals surface area contributed by atoms with Crippen LogP contribution in [-0.4, -0.2) is 16.4 Å². The fraction of sp³-hybridized carbons (Fsp3) is 0.500. The van der Waals surface area contributed by atoms with Crippen LogP contribution in [0.3, 0.4) is 0 Å². The molecule has 1 unspecified atom stereocenters. The molecule has 0 radical (unpaired) electrons. The van der Waals surface area contributed by atoms with Gasteiger partial charge in [-0.2, -0.15) is 0 Å². The summed E-state index contributed by atoms with van der Waals surface area (Å²) >= 11 is 3.46. The number of nitro benzene ring substituents is 1. The summed E-state index contributed by atoms with van der Waals surface area (Å²) in [5.74, 6) is 0.363. The third kappa shape index (κ3) is 4.34. The lowest BCUT2D eigenvalue weighted by Gasteiger charge is -2.08. The Morgan fingerprint density at radius 2 is 2.24 bits per heavy atom. The van der Waals surface area contributed by atoms with E-state index in [2.05, 4.69) is 15.9 Å². The molecule has 4 nitrogen and oxygen atoms in total. The second kappa shape index (κ2) is 6.59. The van der Waals surface area contributed by atoms with Crippen molar-refractivity contribution in [1.82, 2.24) is 0 Å². The third-order valence-corrected chi connectivity index (χ3v) is 2.52. The van der Waals surface area contributed by atoms with Gasteiger partial charge in [-0.3, -0.25) is 10.1 Å². The van der Waals surface area contributed by atoms with Crippen molar-refractivity contribution in [3.63, 3.8) is 0 Å². The van der Waals surface area contributed by atoms with Crippen LogP contribution < -0.4 is 4.74 Å². The quantitative estimate of drug-likeness (QED) is 0.457. The summed E-state index contributed by atoms with van der Waals surface area (Å²) in [6.07, 6.45) is 1.65. The second-order valence-corrected chi connectivity index (χ2v) is 5.46. The number of nitrogens with zero attached hydrogens (tertiary/aromatic N) is 1. The van der Waals surface area contributed by atoms with Crippen LogP contribution in [0.25, 0.3) is 0 Å². The standard InChI is InChI=1S/C12H16BrNO3/c1-3-6-17-12-8-10(7-9(2)13)4-5-11(12)14(15)16/h4-5,8-9H,3,6-7H2,1-2H3. The van der Waals surface area contributed by atoms with Gasteiger partial charge >= 0.3 is 5.69 Å². The molecule has 0 spiro atoms. The summed E-state index contributed by atoms with van der Waals surface area (Å²) in [6.45, 7) is 4.50. The zero-order valence-corrected chi connectivity index (χ0v) is 11.6. The summed E-state index contributed by atoms with van der Waals surface area (Å²) in [5.41, 5.74) is 1.07.